The number of amides is 1. The molecule has 3 aromatic rings. The number of carbonyl (C=O) groups excluding carboxylic acids is 1. The van der Waals surface area contributed by atoms with Crippen molar-refractivity contribution in [1.82, 2.24) is 14.7 Å². The molecule has 0 atom stereocenters. The number of benzene rings is 1. The minimum atomic E-state index is -0.129. The molecule has 3 rings (SSSR count). The molecule has 0 aliphatic heterocycles. The summed E-state index contributed by atoms with van der Waals surface area (Å²) in [5.41, 5.74) is 3.40. The molecule has 0 spiro atoms. The summed E-state index contributed by atoms with van der Waals surface area (Å²) >= 11 is 0. The van der Waals surface area contributed by atoms with E-state index in [1.165, 1.54) is 5.56 Å². The molecule has 26 heavy (non-hydrogen) atoms. The van der Waals surface area contributed by atoms with Crippen LogP contribution >= 0.6 is 0 Å². The summed E-state index contributed by atoms with van der Waals surface area (Å²) in [5, 5.41) is 2.91. The summed E-state index contributed by atoms with van der Waals surface area (Å²) in [6.45, 7) is 4.92. The summed E-state index contributed by atoms with van der Waals surface area (Å²) in [6.07, 6.45) is 8.78. The van der Waals surface area contributed by atoms with Gasteiger partial charge in [-0.05, 0) is 44.0 Å². The van der Waals surface area contributed by atoms with E-state index in [2.05, 4.69) is 10.3 Å². The third-order valence-corrected chi connectivity index (χ3v) is 3.99. The Bertz CT molecular complexity index is 928. The van der Waals surface area contributed by atoms with Crippen LogP contribution in [0.25, 0.3) is 5.65 Å². The first-order valence-corrected chi connectivity index (χ1v) is 8.73. The first-order chi connectivity index (χ1) is 12.7. The molecule has 2 aromatic heterocycles. The summed E-state index contributed by atoms with van der Waals surface area (Å²) < 4.78 is 7.86. The number of nitrogens with zero attached hydrogens (tertiary/aromatic N) is 2. The molecule has 0 aliphatic rings. The quantitative estimate of drug-likeness (QED) is 0.520. The topological polar surface area (TPSA) is 55.6 Å². The van der Waals surface area contributed by atoms with Crippen molar-refractivity contribution < 1.29 is 9.53 Å². The highest BCUT2D eigenvalue weighted by atomic mass is 16.5. The van der Waals surface area contributed by atoms with Gasteiger partial charge >= 0.3 is 0 Å². The van der Waals surface area contributed by atoms with Crippen molar-refractivity contribution in [1.29, 1.82) is 0 Å². The molecule has 5 nitrogen and oxygen atoms in total. The van der Waals surface area contributed by atoms with Gasteiger partial charge in [0.05, 0.1) is 11.3 Å². The van der Waals surface area contributed by atoms with Gasteiger partial charge in [0.2, 0.25) is 0 Å². The van der Waals surface area contributed by atoms with E-state index in [9.17, 15) is 4.79 Å². The number of fused-ring (bicyclic) bond motifs is 1. The molecule has 0 unspecified atom stereocenters. The van der Waals surface area contributed by atoms with Crippen molar-refractivity contribution in [3.8, 4) is 5.75 Å². The van der Waals surface area contributed by atoms with Gasteiger partial charge in [0.1, 0.15) is 18.0 Å². The Morgan fingerprint density at radius 3 is 2.92 bits per heavy atom. The smallest absolute Gasteiger partial charge is 0.255 e. The number of ether oxygens (including phenoxy) is 1. The van der Waals surface area contributed by atoms with Crippen LogP contribution in [-0.2, 0) is 6.61 Å². The molecule has 1 amide bonds. The second kappa shape index (κ2) is 8.34. The molecule has 2 heterocycles. The number of rotatable bonds is 7. The van der Waals surface area contributed by atoms with E-state index in [1.54, 1.807) is 12.1 Å². The molecule has 0 bridgehead atoms. The van der Waals surface area contributed by atoms with E-state index in [-0.39, 0.29) is 5.91 Å². The lowest BCUT2D eigenvalue weighted by atomic mass is 10.2. The standard InChI is InChI=1S/C21H23N3O2/c1-3-4-7-12-22-21(25)18-8-5-6-9-19(18)26-15-17-14-24-13-16(2)10-11-20(24)23-17/h3-6,8-11,13-14H,7,12,15H2,1-2H3,(H,22,25)/b4-3+. The first-order valence-electron chi connectivity index (χ1n) is 8.73. The normalized spacial score (nSPS) is 11.2. The van der Waals surface area contributed by atoms with Crippen LogP contribution in [0.5, 0.6) is 5.75 Å². The minimum absolute atomic E-state index is 0.129. The number of pyridine rings is 1. The van der Waals surface area contributed by atoms with Crippen LogP contribution in [0.2, 0.25) is 0 Å². The zero-order valence-corrected chi connectivity index (χ0v) is 15.1. The van der Waals surface area contributed by atoms with E-state index < -0.39 is 0 Å². The average Bonchev–Trinajstić information content (AvgIpc) is 3.05. The Balaban J connectivity index is 1.68. The summed E-state index contributed by atoms with van der Waals surface area (Å²) in [4.78, 5) is 16.9. The number of hydrogen-bond acceptors (Lipinski definition) is 3. The second-order valence-corrected chi connectivity index (χ2v) is 6.10. The van der Waals surface area contributed by atoms with Crippen molar-refractivity contribution in [2.75, 3.05) is 6.54 Å². The van der Waals surface area contributed by atoms with E-state index in [0.717, 1.165) is 17.8 Å². The van der Waals surface area contributed by atoms with Crippen LogP contribution in [0, 0.1) is 6.92 Å². The largest absolute Gasteiger partial charge is 0.486 e. The number of para-hydroxylation sites is 1. The maximum atomic E-state index is 12.4. The van der Waals surface area contributed by atoms with Crippen molar-refractivity contribution in [2.24, 2.45) is 0 Å². The lowest BCUT2D eigenvalue weighted by molar-refractivity contribution is 0.0949. The Morgan fingerprint density at radius 2 is 2.08 bits per heavy atom. The van der Waals surface area contributed by atoms with Crippen molar-refractivity contribution in [3.05, 3.63) is 77.8 Å². The maximum absolute atomic E-state index is 12.4. The molecule has 1 N–H and O–H groups in total. The van der Waals surface area contributed by atoms with E-state index in [4.69, 9.17) is 4.74 Å². The van der Waals surface area contributed by atoms with Gasteiger partial charge in [-0.3, -0.25) is 4.79 Å². The zero-order chi connectivity index (χ0) is 18.4. The molecular formula is C21H23N3O2. The van der Waals surface area contributed by atoms with Crippen LogP contribution in [0.4, 0.5) is 0 Å². The molecule has 0 aliphatic carbocycles. The molecule has 0 radical (unpaired) electrons. The molecule has 1 aromatic carbocycles. The zero-order valence-electron chi connectivity index (χ0n) is 15.1. The van der Waals surface area contributed by atoms with Crippen molar-refractivity contribution in [2.45, 2.75) is 26.9 Å². The molecular weight excluding hydrogens is 326 g/mol. The van der Waals surface area contributed by atoms with Gasteiger partial charge in [-0.2, -0.15) is 0 Å². The van der Waals surface area contributed by atoms with E-state index in [0.29, 0.717) is 24.5 Å². The van der Waals surface area contributed by atoms with Gasteiger partial charge in [-0.15, -0.1) is 0 Å². The SMILES string of the molecule is C/C=C/CCNC(=O)c1ccccc1OCc1cn2cc(C)ccc2n1. The summed E-state index contributed by atoms with van der Waals surface area (Å²) in [6, 6.07) is 11.3. The van der Waals surface area contributed by atoms with E-state index >= 15 is 0 Å². The monoisotopic (exact) mass is 349 g/mol. The molecule has 134 valence electrons. The number of nitrogens with one attached hydrogen (secondary N) is 1. The number of aryl methyl sites for hydroxylation is 1. The minimum Gasteiger partial charge on any atom is -0.486 e. The van der Waals surface area contributed by atoms with Gasteiger partial charge in [-0.25, -0.2) is 4.98 Å². The molecule has 5 heteroatoms. The van der Waals surface area contributed by atoms with Crippen LogP contribution in [0.1, 0.15) is 35.0 Å². The third kappa shape index (κ3) is 4.30. The lowest BCUT2D eigenvalue weighted by Gasteiger charge is -2.10. The first kappa shape index (κ1) is 17.7. The Labute approximate surface area is 153 Å². The fourth-order valence-corrected chi connectivity index (χ4v) is 2.69. The van der Waals surface area contributed by atoms with Crippen LogP contribution in [0.3, 0.4) is 0 Å². The Hall–Kier alpha value is -3.08. The Kier molecular flexibility index (Phi) is 5.69. The van der Waals surface area contributed by atoms with Crippen LogP contribution in [0.15, 0.2) is 60.9 Å². The van der Waals surface area contributed by atoms with Gasteiger partial charge in [0.25, 0.3) is 5.91 Å². The fourth-order valence-electron chi connectivity index (χ4n) is 2.69. The maximum Gasteiger partial charge on any atom is 0.255 e. The van der Waals surface area contributed by atoms with Gasteiger partial charge in [0, 0.05) is 18.9 Å². The fraction of sp³-hybridized carbons (Fsp3) is 0.238. The highest BCUT2D eigenvalue weighted by Gasteiger charge is 2.12. The van der Waals surface area contributed by atoms with E-state index in [1.807, 2.05) is 67.1 Å². The lowest BCUT2D eigenvalue weighted by Crippen LogP contribution is -2.24. The van der Waals surface area contributed by atoms with Crippen molar-refractivity contribution in [3.63, 3.8) is 0 Å². The second-order valence-electron chi connectivity index (χ2n) is 6.10. The average molecular weight is 349 g/mol. The number of aromatic nitrogens is 2. The summed E-state index contributed by atoms with van der Waals surface area (Å²) in [5.74, 6) is 0.431. The van der Waals surface area contributed by atoms with Gasteiger partial charge in [-0.1, -0.05) is 30.4 Å². The number of imidazole rings is 1. The third-order valence-electron chi connectivity index (χ3n) is 3.99. The molecule has 0 fully saturated rings. The number of allylic oxidation sites excluding steroid dienone is 1. The predicted molar refractivity (Wildman–Crippen MR) is 102 cm³/mol. The number of hydrogen-bond donors (Lipinski definition) is 1. The van der Waals surface area contributed by atoms with Crippen LogP contribution in [-0.4, -0.2) is 21.8 Å². The highest BCUT2D eigenvalue weighted by Crippen LogP contribution is 2.19. The molecule has 0 saturated carbocycles. The van der Waals surface area contributed by atoms with Crippen molar-refractivity contribution >= 4 is 11.6 Å². The van der Waals surface area contributed by atoms with Gasteiger partial charge in [0.15, 0.2) is 0 Å². The van der Waals surface area contributed by atoms with Crippen LogP contribution < -0.4 is 10.1 Å². The summed E-state index contributed by atoms with van der Waals surface area (Å²) in [7, 11) is 0. The Morgan fingerprint density at radius 1 is 1.23 bits per heavy atom. The number of carbonyl (C=O) groups is 1. The van der Waals surface area contributed by atoms with Gasteiger partial charge < -0.3 is 14.5 Å². The predicted octanol–water partition coefficient (Wildman–Crippen LogP) is 3.92. The highest BCUT2D eigenvalue weighted by molar-refractivity contribution is 5.96. The molecule has 0 saturated heterocycles.